The van der Waals surface area contributed by atoms with Crippen LogP contribution in [0.5, 0.6) is 0 Å². The van der Waals surface area contributed by atoms with Crippen molar-refractivity contribution >= 4 is 6.16 Å². The Morgan fingerprint density at radius 1 is 1.17 bits per heavy atom. The number of hydrogen-bond acceptors (Lipinski definition) is 1. The van der Waals surface area contributed by atoms with Crippen molar-refractivity contribution in [3.8, 4) is 0 Å². The van der Waals surface area contributed by atoms with Gasteiger partial charge in [0.2, 0.25) is 0 Å². The summed E-state index contributed by atoms with van der Waals surface area (Å²) in [5.74, 6) is 0. The van der Waals surface area contributed by atoms with E-state index in [4.69, 9.17) is 15.0 Å². The van der Waals surface area contributed by atoms with E-state index < -0.39 is 6.16 Å². The van der Waals surface area contributed by atoms with Crippen LogP contribution in [0.25, 0.3) is 0 Å². The van der Waals surface area contributed by atoms with Gasteiger partial charge in [0, 0.05) is 39.6 Å². The maximum Gasteiger partial charge on any atom is 0.503 e. The van der Waals surface area contributed by atoms with Crippen molar-refractivity contribution in [2.24, 2.45) is 0 Å². The minimum atomic E-state index is -1.83. The summed E-state index contributed by atoms with van der Waals surface area (Å²) in [5, 5.41) is 13.9. The molecule has 0 fully saturated rings. The molecule has 0 aliphatic carbocycles. The maximum absolute atomic E-state index is 8.56. The van der Waals surface area contributed by atoms with Crippen LogP contribution in [0.15, 0.2) is 0 Å². The second kappa shape index (κ2) is 9.11. The minimum absolute atomic E-state index is 0. The average molecular weight is 442 g/mol. The van der Waals surface area contributed by atoms with Gasteiger partial charge in [0.15, 0.2) is 0 Å². The van der Waals surface area contributed by atoms with Crippen molar-refractivity contribution in [1.29, 1.82) is 0 Å². The fraction of sp³-hybridized carbons (Fsp3) is 0. The zero-order valence-electron chi connectivity index (χ0n) is 2.51. The van der Waals surface area contributed by atoms with Gasteiger partial charge in [-0.3, -0.25) is 0 Å². The molecule has 0 radical (unpaired) electrons. The van der Waals surface area contributed by atoms with Gasteiger partial charge in [-0.05, 0) is 0 Å². The number of carboxylic acid groups (broad SMARTS) is 2. The number of rotatable bonds is 0. The molecule has 5 heteroatoms. The number of carbonyl (C=O) groups is 1. The van der Waals surface area contributed by atoms with E-state index in [1.807, 2.05) is 0 Å². The SMILES string of the molecule is O=C(O)O.[Os].[Os]. The van der Waals surface area contributed by atoms with Gasteiger partial charge in [-0.25, -0.2) is 4.79 Å². The van der Waals surface area contributed by atoms with Crippen molar-refractivity contribution in [3.05, 3.63) is 0 Å². The molecule has 2 N–H and O–H groups in total. The molecule has 0 aromatic heterocycles. The Morgan fingerprint density at radius 3 is 1.17 bits per heavy atom. The van der Waals surface area contributed by atoms with Crippen molar-refractivity contribution < 1.29 is 54.6 Å². The van der Waals surface area contributed by atoms with E-state index in [0.717, 1.165) is 0 Å². The molecule has 6 heavy (non-hydrogen) atoms. The smallest absolute Gasteiger partial charge is 0.450 e. The first-order valence-corrected chi connectivity index (χ1v) is 0.651. The first-order chi connectivity index (χ1) is 1.73. The van der Waals surface area contributed by atoms with Crippen LogP contribution in [0.2, 0.25) is 0 Å². The molecule has 0 amide bonds. The van der Waals surface area contributed by atoms with Crippen molar-refractivity contribution in [1.82, 2.24) is 0 Å². The van der Waals surface area contributed by atoms with Crippen molar-refractivity contribution in [2.75, 3.05) is 0 Å². The van der Waals surface area contributed by atoms with Crippen LogP contribution in [0, 0.1) is 0 Å². The van der Waals surface area contributed by atoms with Gasteiger partial charge in [-0.2, -0.15) is 0 Å². The molecule has 0 aliphatic heterocycles. The molecule has 0 heterocycles. The van der Waals surface area contributed by atoms with Gasteiger partial charge in [0.05, 0.1) is 0 Å². The van der Waals surface area contributed by atoms with Crippen LogP contribution in [0.1, 0.15) is 0 Å². The van der Waals surface area contributed by atoms with Crippen LogP contribution < -0.4 is 0 Å². The van der Waals surface area contributed by atoms with E-state index >= 15 is 0 Å². The predicted molar refractivity (Wildman–Crippen MR) is 10.7 cm³/mol. The summed E-state index contributed by atoms with van der Waals surface area (Å²) < 4.78 is 0. The summed E-state index contributed by atoms with van der Waals surface area (Å²) in [5.41, 5.74) is 0. The Bertz CT molecular complexity index is 31.8. The third kappa shape index (κ3) is 194. The quantitative estimate of drug-likeness (QED) is 0.565. The zero-order valence-corrected chi connectivity index (χ0v) is 7.59. The van der Waals surface area contributed by atoms with E-state index in [1.165, 1.54) is 0 Å². The first-order valence-electron chi connectivity index (χ1n) is 0.651. The molecule has 0 rings (SSSR count). The van der Waals surface area contributed by atoms with Gasteiger partial charge in [-0.1, -0.05) is 0 Å². The summed E-state index contributed by atoms with van der Waals surface area (Å²) >= 11 is 0. The molecule has 0 aromatic carbocycles. The monoisotopic (exact) mass is 446 g/mol. The topological polar surface area (TPSA) is 57.5 Å². The third-order valence-electron chi connectivity index (χ3n) is 0. The largest absolute Gasteiger partial charge is 0.503 e. The number of hydrogen-bond donors (Lipinski definition) is 2. The summed E-state index contributed by atoms with van der Waals surface area (Å²) in [6, 6.07) is 0. The molecule has 0 spiro atoms. The Balaban J connectivity index is -0.0000000450. The van der Waals surface area contributed by atoms with E-state index in [2.05, 4.69) is 0 Å². The van der Waals surface area contributed by atoms with Gasteiger partial charge >= 0.3 is 6.16 Å². The molecule has 0 atom stereocenters. The molecular weight excluding hydrogens is 440 g/mol. The van der Waals surface area contributed by atoms with Crippen molar-refractivity contribution in [2.45, 2.75) is 0 Å². The van der Waals surface area contributed by atoms with E-state index in [-0.39, 0.29) is 39.6 Å². The summed E-state index contributed by atoms with van der Waals surface area (Å²) in [6.45, 7) is 0. The molecule has 0 aliphatic rings. The maximum atomic E-state index is 8.56. The van der Waals surface area contributed by atoms with Gasteiger partial charge < -0.3 is 10.2 Å². The van der Waals surface area contributed by atoms with Crippen molar-refractivity contribution in [3.63, 3.8) is 0 Å². The molecule has 0 aromatic rings. The standard InChI is InChI=1S/CH2O3.2Os/c2-1(3)4;;/h(H2,2,3,4);;. The predicted octanol–water partition coefficient (Wildman–Crippen LogP) is 0.217. The summed E-state index contributed by atoms with van der Waals surface area (Å²) in [6.07, 6.45) is -1.83. The van der Waals surface area contributed by atoms with E-state index in [9.17, 15) is 0 Å². The first kappa shape index (κ1) is 16.0. The zero-order chi connectivity index (χ0) is 3.58. The van der Waals surface area contributed by atoms with Crippen LogP contribution >= 0.6 is 0 Å². The Kier molecular flexibility index (Phi) is 24.3. The summed E-state index contributed by atoms with van der Waals surface area (Å²) in [7, 11) is 0. The molecule has 0 bridgehead atoms. The fourth-order valence-corrected chi connectivity index (χ4v) is 0. The third-order valence-corrected chi connectivity index (χ3v) is 0. The second-order valence-electron chi connectivity index (χ2n) is 0.283. The molecule has 0 saturated heterocycles. The molecular formula is CH2O3Os2. The Morgan fingerprint density at radius 2 is 1.17 bits per heavy atom. The Labute approximate surface area is 60.8 Å². The Hall–Kier alpha value is 0.543. The van der Waals surface area contributed by atoms with Crippen LogP contribution in [0.3, 0.4) is 0 Å². The molecule has 0 saturated carbocycles. The van der Waals surface area contributed by atoms with Gasteiger partial charge in [0.25, 0.3) is 0 Å². The van der Waals surface area contributed by atoms with Crippen LogP contribution in [0.4, 0.5) is 4.79 Å². The van der Waals surface area contributed by atoms with E-state index in [1.54, 1.807) is 0 Å². The van der Waals surface area contributed by atoms with Gasteiger partial charge in [-0.15, -0.1) is 0 Å². The second-order valence-corrected chi connectivity index (χ2v) is 0.283. The van der Waals surface area contributed by atoms with Crippen LogP contribution in [-0.4, -0.2) is 16.4 Å². The normalized spacial score (nSPS) is 4.00. The average Bonchev–Trinajstić information content (AvgIpc) is 0.811. The molecule has 40 valence electrons. The van der Waals surface area contributed by atoms with E-state index in [0.29, 0.717) is 0 Å². The minimum Gasteiger partial charge on any atom is -0.450 e. The summed E-state index contributed by atoms with van der Waals surface area (Å²) in [4.78, 5) is 8.56. The fourth-order valence-electron chi connectivity index (χ4n) is 0. The van der Waals surface area contributed by atoms with Crippen LogP contribution in [-0.2, 0) is 39.6 Å². The molecule has 3 nitrogen and oxygen atoms in total. The van der Waals surface area contributed by atoms with Gasteiger partial charge in [0.1, 0.15) is 0 Å². The molecule has 0 unspecified atom stereocenters.